The summed E-state index contributed by atoms with van der Waals surface area (Å²) in [7, 11) is 0. The first-order valence-electron chi connectivity index (χ1n) is 9.82. The molecule has 2 rings (SSSR count). The number of fused-ring (bicyclic) bond motifs is 1. The summed E-state index contributed by atoms with van der Waals surface area (Å²) >= 11 is 2.80. The Kier molecular flexibility index (Phi) is 8.50. The molecule has 1 N–H and O–H groups in total. The van der Waals surface area contributed by atoms with E-state index in [1.165, 1.54) is 23.5 Å². The number of hydrogen-bond donors (Lipinski definition) is 1. The lowest BCUT2D eigenvalue weighted by Crippen LogP contribution is -2.22. The Morgan fingerprint density at radius 1 is 1.31 bits per heavy atom. The molecule has 0 amide bonds. The molecule has 0 bridgehead atoms. The Labute approximate surface area is 181 Å². The lowest BCUT2D eigenvalue weighted by atomic mass is 10.1. The third-order valence-electron chi connectivity index (χ3n) is 4.43. The minimum atomic E-state index is -0.925. The van der Waals surface area contributed by atoms with Gasteiger partial charge in [0.05, 0.1) is 27.9 Å². The monoisotopic (exact) mass is 435 g/mol. The highest BCUT2D eigenvalue weighted by molar-refractivity contribution is 8.24. The molecule has 0 spiro atoms. The molecule has 158 valence electrons. The molecule has 1 aliphatic heterocycles. The standard InChI is InChI=1S/C22H29NO4S2/c1-6-7-14(2)13-27-17-9-8-15(3)18-19(17)29-21(28-18)16(12-23)20(24)26-11-10-22(4,5)25/h8-9,14,25H,6-7,10-11,13H2,1-5H3/b21-16+. The van der Waals surface area contributed by atoms with E-state index < -0.39 is 11.6 Å². The van der Waals surface area contributed by atoms with Crippen LogP contribution in [0, 0.1) is 24.2 Å². The Bertz CT molecular complexity index is 821. The number of ether oxygens (including phenoxy) is 2. The maximum absolute atomic E-state index is 12.4. The van der Waals surface area contributed by atoms with Crippen molar-refractivity contribution in [2.75, 3.05) is 13.2 Å². The Balaban J connectivity index is 2.17. The number of benzene rings is 1. The summed E-state index contributed by atoms with van der Waals surface area (Å²) in [5.74, 6) is 0.594. The minimum Gasteiger partial charge on any atom is -0.492 e. The summed E-state index contributed by atoms with van der Waals surface area (Å²) in [6.45, 7) is 10.3. The molecule has 1 aliphatic rings. The second-order valence-corrected chi connectivity index (χ2v) is 10.2. The maximum atomic E-state index is 12.4. The SMILES string of the molecule is CCCC(C)COc1ccc(C)c2c1S/C(=C(\C#N)C(=O)OCCC(C)(C)O)S2. The van der Waals surface area contributed by atoms with E-state index in [2.05, 4.69) is 13.8 Å². The van der Waals surface area contributed by atoms with Gasteiger partial charge in [-0.15, -0.1) is 0 Å². The van der Waals surface area contributed by atoms with Crippen LogP contribution in [0.1, 0.15) is 52.5 Å². The van der Waals surface area contributed by atoms with E-state index >= 15 is 0 Å². The molecule has 7 heteroatoms. The van der Waals surface area contributed by atoms with Crippen LogP contribution in [0.5, 0.6) is 5.75 Å². The van der Waals surface area contributed by atoms with Gasteiger partial charge < -0.3 is 14.6 Å². The molecule has 0 radical (unpaired) electrons. The quantitative estimate of drug-likeness (QED) is 0.314. The summed E-state index contributed by atoms with van der Waals surface area (Å²) in [6.07, 6.45) is 2.53. The fraction of sp³-hybridized carbons (Fsp3) is 0.545. The predicted molar refractivity (Wildman–Crippen MR) is 117 cm³/mol. The number of thioether (sulfide) groups is 2. The molecule has 0 aliphatic carbocycles. The van der Waals surface area contributed by atoms with Crippen LogP contribution < -0.4 is 4.74 Å². The van der Waals surface area contributed by atoms with Gasteiger partial charge in [0, 0.05) is 11.3 Å². The molecule has 1 aromatic carbocycles. The minimum absolute atomic E-state index is 0.00310. The highest BCUT2D eigenvalue weighted by atomic mass is 32.2. The van der Waals surface area contributed by atoms with Crippen molar-refractivity contribution in [1.29, 1.82) is 5.26 Å². The molecule has 0 fully saturated rings. The van der Waals surface area contributed by atoms with E-state index in [4.69, 9.17) is 9.47 Å². The Morgan fingerprint density at radius 2 is 2.00 bits per heavy atom. The van der Waals surface area contributed by atoms with Gasteiger partial charge in [0.2, 0.25) is 0 Å². The second kappa shape index (κ2) is 10.4. The van der Waals surface area contributed by atoms with Gasteiger partial charge in [-0.1, -0.05) is 49.9 Å². The molecular weight excluding hydrogens is 406 g/mol. The summed E-state index contributed by atoms with van der Waals surface area (Å²) in [6, 6.07) is 5.95. The van der Waals surface area contributed by atoms with Crippen molar-refractivity contribution in [2.24, 2.45) is 5.92 Å². The van der Waals surface area contributed by atoms with E-state index in [9.17, 15) is 15.2 Å². The largest absolute Gasteiger partial charge is 0.492 e. The third kappa shape index (κ3) is 6.70. The van der Waals surface area contributed by atoms with Gasteiger partial charge >= 0.3 is 5.97 Å². The van der Waals surface area contributed by atoms with Crippen LogP contribution in [0.2, 0.25) is 0 Å². The topological polar surface area (TPSA) is 79.5 Å². The average Bonchev–Trinajstić information content (AvgIpc) is 3.07. The van der Waals surface area contributed by atoms with Gasteiger partial charge in [-0.05, 0) is 44.7 Å². The first-order valence-corrected chi connectivity index (χ1v) is 11.5. The number of rotatable bonds is 9. The second-order valence-electron chi connectivity index (χ2n) is 7.92. The van der Waals surface area contributed by atoms with Crippen molar-refractivity contribution in [1.82, 2.24) is 0 Å². The van der Waals surface area contributed by atoms with E-state index in [1.807, 2.05) is 25.1 Å². The molecule has 29 heavy (non-hydrogen) atoms. The first-order chi connectivity index (χ1) is 13.7. The molecule has 1 heterocycles. The van der Waals surface area contributed by atoms with Crippen molar-refractivity contribution in [2.45, 2.75) is 69.3 Å². The number of nitriles is 1. The van der Waals surface area contributed by atoms with Gasteiger partial charge in [-0.3, -0.25) is 0 Å². The van der Waals surface area contributed by atoms with Crippen LogP contribution in [0.25, 0.3) is 0 Å². The number of hydrogen-bond acceptors (Lipinski definition) is 7. The molecular formula is C22H29NO4S2. The van der Waals surface area contributed by atoms with E-state index in [-0.39, 0.29) is 12.2 Å². The average molecular weight is 436 g/mol. The number of carbonyl (C=O) groups is 1. The summed E-state index contributed by atoms with van der Waals surface area (Å²) in [4.78, 5) is 14.4. The fourth-order valence-electron chi connectivity index (χ4n) is 2.74. The highest BCUT2D eigenvalue weighted by Gasteiger charge is 2.29. The van der Waals surface area contributed by atoms with Crippen LogP contribution in [-0.4, -0.2) is 29.9 Å². The van der Waals surface area contributed by atoms with Gasteiger partial charge in [0.1, 0.15) is 11.8 Å². The zero-order valence-electron chi connectivity index (χ0n) is 17.7. The lowest BCUT2D eigenvalue weighted by molar-refractivity contribution is -0.139. The van der Waals surface area contributed by atoms with Crippen LogP contribution >= 0.6 is 23.5 Å². The summed E-state index contributed by atoms with van der Waals surface area (Å²) < 4.78 is 11.9. The van der Waals surface area contributed by atoms with Gasteiger partial charge in [0.15, 0.2) is 5.57 Å². The van der Waals surface area contributed by atoms with Crippen LogP contribution in [0.15, 0.2) is 31.7 Å². The number of nitrogens with zero attached hydrogens (tertiary/aromatic N) is 1. The van der Waals surface area contributed by atoms with Gasteiger partial charge in [-0.25, -0.2) is 4.79 Å². The normalized spacial score (nSPS) is 16.0. The van der Waals surface area contributed by atoms with Crippen molar-refractivity contribution in [3.63, 3.8) is 0 Å². The van der Waals surface area contributed by atoms with Crippen LogP contribution in [0.4, 0.5) is 0 Å². The highest BCUT2D eigenvalue weighted by Crippen LogP contribution is 2.56. The van der Waals surface area contributed by atoms with Gasteiger partial charge in [0.25, 0.3) is 0 Å². The number of aliphatic hydroxyl groups is 1. The zero-order valence-corrected chi connectivity index (χ0v) is 19.3. The van der Waals surface area contributed by atoms with E-state index in [0.717, 1.165) is 33.9 Å². The molecule has 0 saturated heterocycles. The number of aryl methyl sites for hydroxylation is 1. The van der Waals surface area contributed by atoms with Gasteiger partial charge in [-0.2, -0.15) is 5.26 Å². The van der Waals surface area contributed by atoms with Crippen LogP contribution in [0.3, 0.4) is 0 Å². The Hall–Kier alpha value is -1.62. The summed E-state index contributed by atoms with van der Waals surface area (Å²) in [5, 5.41) is 19.3. The zero-order chi connectivity index (χ0) is 21.6. The fourth-order valence-corrected chi connectivity index (χ4v) is 5.39. The molecule has 1 aromatic rings. The van der Waals surface area contributed by atoms with E-state index in [1.54, 1.807) is 13.8 Å². The molecule has 0 aromatic heterocycles. The molecule has 1 atom stereocenters. The number of carbonyl (C=O) groups excluding carboxylic acids is 1. The molecule has 5 nitrogen and oxygen atoms in total. The first kappa shape index (κ1) is 23.7. The lowest BCUT2D eigenvalue weighted by Gasteiger charge is -2.16. The summed E-state index contributed by atoms with van der Waals surface area (Å²) in [5.41, 5.74) is 0.150. The molecule has 1 unspecified atom stereocenters. The van der Waals surface area contributed by atoms with E-state index in [0.29, 0.717) is 23.2 Å². The van der Waals surface area contributed by atoms with Crippen molar-refractivity contribution in [3.05, 3.63) is 27.5 Å². The Morgan fingerprint density at radius 3 is 2.62 bits per heavy atom. The van der Waals surface area contributed by atoms with Crippen molar-refractivity contribution < 1.29 is 19.4 Å². The third-order valence-corrected chi connectivity index (χ3v) is 7.18. The number of esters is 1. The van der Waals surface area contributed by atoms with Crippen molar-refractivity contribution >= 4 is 29.5 Å². The van der Waals surface area contributed by atoms with Crippen LogP contribution in [-0.2, 0) is 9.53 Å². The predicted octanol–water partition coefficient (Wildman–Crippen LogP) is 5.45. The maximum Gasteiger partial charge on any atom is 0.350 e. The smallest absolute Gasteiger partial charge is 0.350 e. The molecule has 0 saturated carbocycles. The van der Waals surface area contributed by atoms with Crippen molar-refractivity contribution in [3.8, 4) is 11.8 Å².